The number of aryl methyl sites for hydroxylation is 2. The summed E-state index contributed by atoms with van der Waals surface area (Å²) in [6.45, 7) is 3.12. The molecule has 0 aromatic heterocycles. The van der Waals surface area contributed by atoms with Gasteiger partial charge in [-0.15, -0.1) is 0 Å². The molecule has 2 N–H and O–H groups in total. The molecule has 0 saturated carbocycles. The molecule has 0 bridgehead atoms. The molecule has 0 saturated heterocycles. The fourth-order valence-corrected chi connectivity index (χ4v) is 3.95. The van der Waals surface area contributed by atoms with Gasteiger partial charge in [0.05, 0.1) is 5.69 Å². The standard InChI is InChI=1S/C17H20N2O4S/c1-12-8-9-15(20)16(10-12)24(22,23)19(11-17(21)18-3)14-7-5-4-6-13(14)2/h4-10,20H,11H2,1-3H3,(H,18,21). The van der Waals surface area contributed by atoms with Crippen molar-refractivity contribution in [3.63, 3.8) is 0 Å². The lowest BCUT2D eigenvalue weighted by molar-refractivity contribution is -0.119. The van der Waals surface area contributed by atoms with E-state index in [1.807, 2.05) is 0 Å². The van der Waals surface area contributed by atoms with Gasteiger partial charge in [0.25, 0.3) is 10.0 Å². The average Bonchev–Trinajstić information content (AvgIpc) is 2.55. The van der Waals surface area contributed by atoms with Gasteiger partial charge in [-0.1, -0.05) is 24.3 Å². The summed E-state index contributed by atoms with van der Waals surface area (Å²) in [5.74, 6) is -0.801. The molecule has 0 fully saturated rings. The lowest BCUT2D eigenvalue weighted by Gasteiger charge is -2.25. The summed E-state index contributed by atoms with van der Waals surface area (Å²) in [4.78, 5) is 11.6. The summed E-state index contributed by atoms with van der Waals surface area (Å²) in [7, 11) is -2.67. The normalized spacial score (nSPS) is 11.1. The van der Waals surface area contributed by atoms with Gasteiger partial charge in [-0.25, -0.2) is 8.42 Å². The van der Waals surface area contributed by atoms with Crippen LogP contribution in [-0.2, 0) is 14.8 Å². The molecule has 0 aliphatic heterocycles. The lowest BCUT2D eigenvalue weighted by atomic mass is 10.2. The number of amides is 1. The number of rotatable bonds is 5. The number of phenols is 1. The van der Waals surface area contributed by atoms with Crippen LogP contribution >= 0.6 is 0 Å². The molecule has 128 valence electrons. The van der Waals surface area contributed by atoms with Gasteiger partial charge in [-0.05, 0) is 43.2 Å². The van der Waals surface area contributed by atoms with Crippen LogP contribution in [0.4, 0.5) is 5.69 Å². The van der Waals surface area contributed by atoms with E-state index < -0.39 is 15.9 Å². The van der Waals surface area contributed by atoms with Crippen molar-refractivity contribution in [2.24, 2.45) is 0 Å². The Morgan fingerprint density at radius 1 is 1.17 bits per heavy atom. The first-order valence-electron chi connectivity index (χ1n) is 7.36. The van der Waals surface area contributed by atoms with E-state index in [9.17, 15) is 18.3 Å². The van der Waals surface area contributed by atoms with Gasteiger partial charge in [0.2, 0.25) is 5.91 Å². The molecule has 1 amide bonds. The molecule has 6 nitrogen and oxygen atoms in total. The summed E-state index contributed by atoms with van der Waals surface area (Å²) in [5.41, 5.74) is 1.79. The maximum absolute atomic E-state index is 13.1. The van der Waals surface area contributed by atoms with Crippen LogP contribution in [0.15, 0.2) is 47.4 Å². The number of likely N-dealkylation sites (N-methyl/N-ethyl adjacent to an activating group) is 1. The van der Waals surface area contributed by atoms with Gasteiger partial charge >= 0.3 is 0 Å². The van der Waals surface area contributed by atoms with Crippen molar-refractivity contribution < 1.29 is 18.3 Å². The monoisotopic (exact) mass is 348 g/mol. The van der Waals surface area contributed by atoms with Gasteiger partial charge in [-0.2, -0.15) is 0 Å². The second kappa shape index (κ2) is 6.92. The number of hydrogen-bond acceptors (Lipinski definition) is 4. The van der Waals surface area contributed by atoms with Crippen molar-refractivity contribution in [1.29, 1.82) is 0 Å². The second-order valence-electron chi connectivity index (χ2n) is 5.44. The number of aromatic hydroxyl groups is 1. The predicted molar refractivity (Wildman–Crippen MR) is 92.6 cm³/mol. The predicted octanol–water partition coefficient (Wildman–Crippen LogP) is 1.95. The average molecular weight is 348 g/mol. The van der Waals surface area contributed by atoms with Crippen LogP contribution in [0, 0.1) is 13.8 Å². The Balaban J connectivity index is 2.64. The Hall–Kier alpha value is -2.54. The number of hydrogen-bond donors (Lipinski definition) is 2. The minimum absolute atomic E-state index is 0.227. The van der Waals surface area contributed by atoms with Gasteiger partial charge in [-0.3, -0.25) is 9.10 Å². The topological polar surface area (TPSA) is 86.7 Å². The van der Waals surface area contributed by atoms with Crippen molar-refractivity contribution in [1.82, 2.24) is 5.32 Å². The van der Waals surface area contributed by atoms with Gasteiger partial charge in [0.1, 0.15) is 17.2 Å². The number of anilines is 1. The summed E-state index contributed by atoms with van der Waals surface area (Å²) in [5, 5.41) is 12.4. The number of carbonyl (C=O) groups excluding carboxylic acids is 1. The highest BCUT2D eigenvalue weighted by Gasteiger charge is 2.30. The van der Waals surface area contributed by atoms with E-state index in [-0.39, 0.29) is 17.2 Å². The van der Waals surface area contributed by atoms with E-state index in [1.165, 1.54) is 19.2 Å². The third-order valence-electron chi connectivity index (χ3n) is 3.63. The van der Waals surface area contributed by atoms with E-state index in [2.05, 4.69) is 5.32 Å². The second-order valence-corrected chi connectivity index (χ2v) is 7.27. The number of nitrogens with one attached hydrogen (secondary N) is 1. The Kier molecular flexibility index (Phi) is 5.14. The van der Waals surface area contributed by atoms with Crippen molar-refractivity contribution in [2.45, 2.75) is 18.7 Å². The Morgan fingerprint density at radius 3 is 2.46 bits per heavy atom. The fourth-order valence-electron chi connectivity index (χ4n) is 2.30. The van der Waals surface area contributed by atoms with Gasteiger partial charge < -0.3 is 10.4 Å². The van der Waals surface area contributed by atoms with Gasteiger partial charge in [0.15, 0.2) is 0 Å². The third kappa shape index (κ3) is 3.51. The van der Waals surface area contributed by atoms with Gasteiger partial charge in [0, 0.05) is 7.05 Å². The van der Waals surface area contributed by atoms with Crippen LogP contribution in [0.3, 0.4) is 0 Å². The summed E-state index contributed by atoms with van der Waals surface area (Å²) >= 11 is 0. The number of para-hydroxylation sites is 1. The maximum Gasteiger partial charge on any atom is 0.268 e. The van der Waals surface area contributed by atoms with Crippen molar-refractivity contribution in [3.05, 3.63) is 53.6 Å². The highest BCUT2D eigenvalue weighted by Crippen LogP contribution is 2.31. The molecular formula is C17H20N2O4S. The number of nitrogens with zero attached hydrogens (tertiary/aromatic N) is 1. The first-order valence-corrected chi connectivity index (χ1v) is 8.80. The molecule has 0 heterocycles. The Labute approximate surface area is 141 Å². The summed E-state index contributed by atoms with van der Waals surface area (Å²) in [6, 6.07) is 11.2. The molecule has 0 atom stereocenters. The molecule has 0 spiro atoms. The summed E-state index contributed by atoms with van der Waals surface area (Å²) in [6.07, 6.45) is 0. The number of phenolic OH excluding ortho intramolecular Hbond substituents is 1. The molecule has 2 rings (SSSR count). The maximum atomic E-state index is 13.1. The molecular weight excluding hydrogens is 328 g/mol. The zero-order valence-electron chi connectivity index (χ0n) is 13.8. The quantitative estimate of drug-likeness (QED) is 0.865. The number of benzene rings is 2. The fraction of sp³-hybridized carbons (Fsp3) is 0.235. The molecule has 0 unspecified atom stereocenters. The van der Waals surface area contributed by atoms with Crippen LogP contribution in [0.5, 0.6) is 5.75 Å². The lowest BCUT2D eigenvalue weighted by Crippen LogP contribution is -2.40. The molecule has 0 aliphatic rings. The van der Waals surface area contributed by atoms with E-state index in [0.717, 1.165) is 4.31 Å². The van der Waals surface area contributed by atoms with Crippen LogP contribution in [-0.4, -0.2) is 33.0 Å². The van der Waals surface area contributed by atoms with E-state index in [0.29, 0.717) is 16.8 Å². The van der Waals surface area contributed by atoms with E-state index in [1.54, 1.807) is 44.2 Å². The molecule has 0 aliphatic carbocycles. The molecule has 24 heavy (non-hydrogen) atoms. The smallest absolute Gasteiger partial charge is 0.268 e. The molecule has 7 heteroatoms. The number of sulfonamides is 1. The first-order chi connectivity index (χ1) is 11.3. The highest BCUT2D eigenvalue weighted by atomic mass is 32.2. The van der Waals surface area contributed by atoms with Crippen LogP contribution in [0.25, 0.3) is 0 Å². The largest absolute Gasteiger partial charge is 0.507 e. The van der Waals surface area contributed by atoms with Crippen LogP contribution < -0.4 is 9.62 Å². The van der Waals surface area contributed by atoms with Crippen LogP contribution in [0.2, 0.25) is 0 Å². The molecule has 0 radical (unpaired) electrons. The van der Waals surface area contributed by atoms with Crippen molar-refractivity contribution >= 4 is 21.6 Å². The first kappa shape index (κ1) is 17.8. The van der Waals surface area contributed by atoms with E-state index in [4.69, 9.17) is 0 Å². The summed E-state index contributed by atoms with van der Waals surface area (Å²) < 4.78 is 27.2. The van der Waals surface area contributed by atoms with E-state index >= 15 is 0 Å². The number of carbonyl (C=O) groups is 1. The molecule has 2 aromatic carbocycles. The zero-order chi connectivity index (χ0) is 17.9. The minimum Gasteiger partial charge on any atom is -0.507 e. The minimum atomic E-state index is -4.11. The zero-order valence-corrected chi connectivity index (χ0v) is 14.6. The SMILES string of the molecule is CNC(=O)CN(c1ccccc1C)S(=O)(=O)c1cc(C)ccc1O. The van der Waals surface area contributed by atoms with Crippen molar-refractivity contribution in [2.75, 3.05) is 17.9 Å². The Bertz CT molecular complexity index is 863. The molecule has 2 aromatic rings. The highest BCUT2D eigenvalue weighted by molar-refractivity contribution is 7.93. The Morgan fingerprint density at radius 2 is 1.83 bits per heavy atom. The van der Waals surface area contributed by atoms with Crippen molar-refractivity contribution in [3.8, 4) is 5.75 Å². The third-order valence-corrected chi connectivity index (χ3v) is 5.42. The van der Waals surface area contributed by atoms with Crippen LogP contribution in [0.1, 0.15) is 11.1 Å².